The first-order valence-electron chi connectivity index (χ1n) is 6.70. The molecule has 0 spiro atoms. The van der Waals surface area contributed by atoms with Gasteiger partial charge in [0, 0.05) is 16.7 Å². The van der Waals surface area contributed by atoms with Gasteiger partial charge in [0.1, 0.15) is 0 Å². The third kappa shape index (κ3) is 6.43. The second kappa shape index (κ2) is 8.57. The first-order valence-corrected chi connectivity index (χ1v) is 7.58. The highest BCUT2D eigenvalue weighted by molar-refractivity contribution is 7.99. The summed E-state index contributed by atoms with van der Waals surface area (Å²) >= 11 is 1.92. The number of hydrogen-bond donors (Lipinski definition) is 1. The van der Waals surface area contributed by atoms with Gasteiger partial charge in [0.15, 0.2) is 0 Å². The molecule has 0 aliphatic heterocycles. The van der Waals surface area contributed by atoms with Crippen molar-refractivity contribution in [1.82, 2.24) is 10.2 Å². The molecule has 0 radical (unpaired) electrons. The summed E-state index contributed by atoms with van der Waals surface area (Å²) in [5.74, 6) is 0. The highest BCUT2D eigenvalue weighted by Crippen LogP contribution is 2.23. The van der Waals surface area contributed by atoms with Gasteiger partial charge in [-0.05, 0) is 51.3 Å². The monoisotopic (exact) mass is 266 g/mol. The van der Waals surface area contributed by atoms with Crippen LogP contribution in [0.1, 0.15) is 25.8 Å². The normalized spacial score (nSPS) is 11.4. The van der Waals surface area contributed by atoms with Crippen LogP contribution >= 0.6 is 11.8 Å². The number of nitrogens with one attached hydrogen (secondary N) is 1. The van der Waals surface area contributed by atoms with Crippen molar-refractivity contribution in [2.45, 2.75) is 37.0 Å². The fourth-order valence-electron chi connectivity index (χ4n) is 1.86. The van der Waals surface area contributed by atoms with Crippen LogP contribution in [0.4, 0.5) is 0 Å². The van der Waals surface area contributed by atoms with Crippen molar-refractivity contribution in [3.63, 3.8) is 0 Å². The Labute approximate surface area is 116 Å². The summed E-state index contributed by atoms with van der Waals surface area (Å²) in [4.78, 5) is 3.74. The molecule has 18 heavy (non-hydrogen) atoms. The van der Waals surface area contributed by atoms with Crippen molar-refractivity contribution >= 4 is 11.8 Å². The second-order valence-electron chi connectivity index (χ2n) is 5.01. The summed E-state index contributed by atoms with van der Waals surface area (Å²) in [5, 5.41) is 3.84. The summed E-state index contributed by atoms with van der Waals surface area (Å²) in [5.41, 5.74) is 1.40. The highest BCUT2D eigenvalue weighted by Gasteiger charge is 2.02. The molecule has 1 rings (SSSR count). The number of benzene rings is 1. The fourth-order valence-corrected chi connectivity index (χ4v) is 2.70. The highest BCUT2D eigenvalue weighted by atomic mass is 32.2. The molecule has 1 N–H and O–H groups in total. The van der Waals surface area contributed by atoms with Crippen molar-refractivity contribution < 1.29 is 0 Å². The van der Waals surface area contributed by atoms with E-state index in [1.807, 2.05) is 18.8 Å². The Morgan fingerprint density at radius 3 is 2.44 bits per heavy atom. The molecule has 1 aromatic carbocycles. The Morgan fingerprint density at radius 2 is 1.89 bits per heavy atom. The Balaban J connectivity index is 2.38. The van der Waals surface area contributed by atoms with Gasteiger partial charge in [-0.2, -0.15) is 0 Å². The van der Waals surface area contributed by atoms with E-state index in [9.17, 15) is 0 Å². The third-order valence-corrected chi connectivity index (χ3v) is 3.73. The second-order valence-corrected chi connectivity index (χ2v) is 6.66. The van der Waals surface area contributed by atoms with Crippen LogP contribution in [0.3, 0.4) is 0 Å². The molecule has 2 nitrogen and oxygen atoms in total. The third-order valence-electron chi connectivity index (χ3n) is 2.71. The van der Waals surface area contributed by atoms with Crippen LogP contribution in [0, 0.1) is 0 Å². The Bertz CT molecular complexity index is 322. The van der Waals surface area contributed by atoms with Crippen LogP contribution in [0.5, 0.6) is 0 Å². The molecule has 102 valence electrons. The molecule has 0 bridgehead atoms. The molecule has 0 aromatic heterocycles. The van der Waals surface area contributed by atoms with Gasteiger partial charge in [0.2, 0.25) is 0 Å². The van der Waals surface area contributed by atoms with Crippen molar-refractivity contribution in [1.29, 1.82) is 0 Å². The molecule has 0 amide bonds. The van der Waals surface area contributed by atoms with Crippen LogP contribution in [-0.2, 0) is 6.54 Å². The van der Waals surface area contributed by atoms with E-state index in [1.54, 1.807) is 0 Å². The minimum atomic E-state index is 0.653. The van der Waals surface area contributed by atoms with Gasteiger partial charge in [-0.1, -0.05) is 26.0 Å². The maximum Gasteiger partial charge on any atom is 0.0230 e. The number of nitrogens with zero attached hydrogens (tertiary/aromatic N) is 1. The van der Waals surface area contributed by atoms with Gasteiger partial charge in [-0.15, -0.1) is 11.8 Å². The molecule has 0 unspecified atom stereocenters. The molecule has 1 aromatic rings. The summed E-state index contributed by atoms with van der Waals surface area (Å²) < 4.78 is 0. The first-order chi connectivity index (χ1) is 8.61. The van der Waals surface area contributed by atoms with E-state index in [1.165, 1.54) is 16.9 Å². The number of hydrogen-bond acceptors (Lipinski definition) is 3. The molecule has 0 aliphatic carbocycles. The van der Waals surface area contributed by atoms with Gasteiger partial charge in [0.25, 0.3) is 0 Å². The van der Waals surface area contributed by atoms with E-state index in [2.05, 4.69) is 55.4 Å². The first kappa shape index (κ1) is 15.5. The lowest BCUT2D eigenvalue weighted by Gasteiger charge is -2.16. The van der Waals surface area contributed by atoms with Crippen LogP contribution in [0.25, 0.3) is 0 Å². The molecule has 0 saturated heterocycles. The average Bonchev–Trinajstić information content (AvgIpc) is 2.31. The van der Waals surface area contributed by atoms with Crippen LogP contribution in [0.2, 0.25) is 0 Å². The van der Waals surface area contributed by atoms with Gasteiger partial charge in [-0.3, -0.25) is 0 Å². The van der Waals surface area contributed by atoms with Gasteiger partial charge in [-0.25, -0.2) is 0 Å². The Morgan fingerprint density at radius 1 is 1.22 bits per heavy atom. The maximum atomic E-state index is 3.18. The predicted octanol–water partition coefficient (Wildman–Crippen LogP) is 3.23. The van der Waals surface area contributed by atoms with E-state index in [0.717, 1.165) is 19.6 Å². The minimum Gasteiger partial charge on any atom is -0.320 e. The summed E-state index contributed by atoms with van der Waals surface area (Å²) in [6, 6.07) is 8.97. The summed E-state index contributed by atoms with van der Waals surface area (Å²) in [6.45, 7) is 7.73. The smallest absolute Gasteiger partial charge is 0.0230 e. The SMILES string of the molecule is CNCCCN(C)Cc1ccc(SC(C)C)cc1. The van der Waals surface area contributed by atoms with Crippen LogP contribution in [-0.4, -0.2) is 37.3 Å². The molecular formula is C15H26N2S. The van der Waals surface area contributed by atoms with Crippen molar-refractivity contribution in [3.05, 3.63) is 29.8 Å². The van der Waals surface area contributed by atoms with Crippen LogP contribution in [0.15, 0.2) is 29.2 Å². The molecule has 0 atom stereocenters. The predicted molar refractivity (Wildman–Crippen MR) is 82.3 cm³/mol. The Kier molecular flexibility index (Phi) is 7.40. The van der Waals surface area contributed by atoms with E-state index in [0.29, 0.717) is 5.25 Å². The van der Waals surface area contributed by atoms with Gasteiger partial charge < -0.3 is 10.2 Å². The fraction of sp³-hybridized carbons (Fsp3) is 0.600. The zero-order valence-electron chi connectivity index (χ0n) is 12.1. The van der Waals surface area contributed by atoms with E-state index in [4.69, 9.17) is 0 Å². The van der Waals surface area contributed by atoms with Crippen LogP contribution < -0.4 is 5.32 Å². The van der Waals surface area contributed by atoms with Crippen molar-refractivity contribution in [2.75, 3.05) is 27.2 Å². The molecule has 0 saturated carbocycles. The van der Waals surface area contributed by atoms with E-state index >= 15 is 0 Å². The zero-order valence-corrected chi connectivity index (χ0v) is 12.9. The lowest BCUT2D eigenvalue weighted by Crippen LogP contribution is -2.22. The molecule has 3 heteroatoms. The molecular weight excluding hydrogens is 240 g/mol. The van der Waals surface area contributed by atoms with E-state index < -0.39 is 0 Å². The van der Waals surface area contributed by atoms with E-state index in [-0.39, 0.29) is 0 Å². The summed E-state index contributed by atoms with van der Waals surface area (Å²) in [6.07, 6.45) is 1.20. The maximum absolute atomic E-state index is 3.18. The lowest BCUT2D eigenvalue weighted by molar-refractivity contribution is 0.321. The Hall–Kier alpha value is -0.510. The number of rotatable bonds is 8. The molecule has 0 heterocycles. The average molecular weight is 266 g/mol. The van der Waals surface area contributed by atoms with Gasteiger partial charge in [0.05, 0.1) is 0 Å². The molecule has 0 fully saturated rings. The zero-order chi connectivity index (χ0) is 13.4. The number of thioether (sulfide) groups is 1. The van der Waals surface area contributed by atoms with Gasteiger partial charge >= 0.3 is 0 Å². The standard InChI is InChI=1S/C15H26N2S/c1-13(2)18-15-8-6-14(7-9-15)12-17(4)11-5-10-16-3/h6-9,13,16H,5,10-12H2,1-4H3. The quantitative estimate of drug-likeness (QED) is 0.574. The largest absolute Gasteiger partial charge is 0.320 e. The molecule has 0 aliphatic rings. The van der Waals surface area contributed by atoms with Crippen molar-refractivity contribution in [3.8, 4) is 0 Å². The minimum absolute atomic E-state index is 0.653. The summed E-state index contributed by atoms with van der Waals surface area (Å²) in [7, 11) is 4.19. The lowest BCUT2D eigenvalue weighted by atomic mass is 10.2. The van der Waals surface area contributed by atoms with Crippen molar-refractivity contribution in [2.24, 2.45) is 0 Å². The topological polar surface area (TPSA) is 15.3 Å².